The predicted molar refractivity (Wildman–Crippen MR) is 184 cm³/mol. The molecule has 18 atom stereocenters. The standard InChI is InChI=1S/C30H53N9O17/c31-8(2-1-5-36-29(33)34)25(49)39-14-17(44)15(42)10(6-40)52-27(14)54-22-11(7-41)53-28(21(48)20(22)47)55-23-18(45)13(16(43)19(46)24(23)56-30(35)51)38-26(50)9-3-4-12(32)37-9/h8-11,13-24,27-28,40-48H,1-7,31H2,(H2,32,37)(H2,35,51)(H,38,50)(H,39,49)(H4,33,34,36)/t8-,9-,10+,11+,13-,14+,15+,16+,17+,18-,19-,20+,21-,22+,23+,24+,27+,28-/m0/s1. The van der Waals surface area contributed by atoms with Gasteiger partial charge in [0, 0.05) is 13.0 Å². The van der Waals surface area contributed by atoms with Crippen molar-refractivity contribution >= 4 is 29.7 Å². The summed E-state index contributed by atoms with van der Waals surface area (Å²) in [4.78, 5) is 45.4. The van der Waals surface area contributed by atoms with Gasteiger partial charge in [-0.15, -0.1) is 0 Å². The highest BCUT2D eigenvalue weighted by atomic mass is 16.7. The van der Waals surface area contributed by atoms with Gasteiger partial charge in [0.15, 0.2) is 24.6 Å². The fourth-order valence-electron chi connectivity index (χ4n) is 6.78. The van der Waals surface area contributed by atoms with Gasteiger partial charge in [0.05, 0.1) is 31.1 Å². The van der Waals surface area contributed by atoms with Crippen molar-refractivity contribution < 1.29 is 84.0 Å². The number of primary amides is 1. The smallest absolute Gasteiger partial charge is 0.404 e. The molecule has 0 aromatic rings. The minimum atomic E-state index is -2.16. The summed E-state index contributed by atoms with van der Waals surface area (Å²) >= 11 is 0. The van der Waals surface area contributed by atoms with E-state index >= 15 is 0 Å². The fourth-order valence-corrected chi connectivity index (χ4v) is 6.78. The van der Waals surface area contributed by atoms with Gasteiger partial charge in [-0.25, -0.2) is 4.79 Å². The highest BCUT2D eigenvalue weighted by molar-refractivity contribution is 5.91. The van der Waals surface area contributed by atoms with E-state index in [0.717, 1.165) is 0 Å². The number of hydrogen-bond acceptors (Lipinski definition) is 21. The Morgan fingerprint density at radius 2 is 1.39 bits per heavy atom. The lowest BCUT2D eigenvalue weighted by molar-refractivity contribution is -0.361. The van der Waals surface area contributed by atoms with Crippen LogP contribution in [0.2, 0.25) is 0 Å². The van der Waals surface area contributed by atoms with Crippen LogP contribution in [0.1, 0.15) is 25.7 Å². The average Bonchev–Trinajstić information content (AvgIpc) is 3.60. The van der Waals surface area contributed by atoms with Crippen LogP contribution in [0.4, 0.5) is 4.79 Å². The third-order valence-corrected chi connectivity index (χ3v) is 9.84. The number of aliphatic hydroxyl groups is 9. The molecule has 3 heterocycles. The molecule has 0 aromatic heterocycles. The van der Waals surface area contributed by atoms with Gasteiger partial charge in [-0.1, -0.05) is 0 Å². The molecule has 3 amide bonds. The quantitative estimate of drug-likeness (QED) is 0.0415. The molecule has 21 N–H and O–H groups in total. The molecular formula is C30H53N9O17. The summed E-state index contributed by atoms with van der Waals surface area (Å²) in [5, 5.41) is 102. The van der Waals surface area contributed by atoms with Crippen LogP contribution in [-0.2, 0) is 33.3 Å². The number of ether oxygens (including phenoxy) is 5. The number of amides is 3. The Balaban J connectivity index is 1.52. The predicted octanol–water partition coefficient (Wildman–Crippen LogP) is -9.93. The van der Waals surface area contributed by atoms with Gasteiger partial charge < -0.3 is 109 Å². The molecule has 3 aliphatic heterocycles. The van der Waals surface area contributed by atoms with Crippen LogP contribution < -0.4 is 39.3 Å². The zero-order valence-corrected chi connectivity index (χ0v) is 29.9. The minimum Gasteiger partial charge on any atom is -0.441 e. The van der Waals surface area contributed by atoms with Gasteiger partial charge in [-0.3, -0.25) is 19.6 Å². The summed E-state index contributed by atoms with van der Waals surface area (Å²) in [6.07, 6.45) is -27.2. The molecule has 4 aliphatic rings. The van der Waals surface area contributed by atoms with E-state index in [-0.39, 0.29) is 37.6 Å². The number of guanidine groups is 1. The molecule has 320 valence electrons. The lowest BCUT2D eigenvalue weighted by Gasteiger charge is -2.49. The van der Waals surface area contributed by atoms with Gasteiger partial charge in [-0.2, -0.15) is 0 Å². The number of nitrogens with zero attached hydrogens (tertiary/aromatic N) is 2. The molecule has 0 bridgehead atoms. The lowest BCUT2D eigenvalue weighted by atomic mass is 9.82. The van der Waals surface area contributed by atoms with Crippen LogP contribution >= 0.6 is 0 Å². The zero-order valence-electron chi connectivity index (χ0n) is 29.9. The monoisotopic (exact) mass is 811 g/mol. The SMILES string of the molecule is NC(=O)O[C@@H]1[C@@H](O)[C@H](O)[C@H](NC(=O)[C@@H]2CCC(N)=N2)[C@H](O)[C@H]1O[C@@H]1O[C@H](CO)[C@@H](O[C@H]2O[C@H](CO)[C@@H](O)[C@H](O)[C@H]2NC(=O)[C@@H](N)CCCN=C(N)N)[C@H](O)[C@@H]1O. The second kappa shape index (κ2) is 19.7. The van der Waals surface area contributed by atoms with Crippen LogP contribution in [0.25, 0.3) is 0 Å². The first-order valence-corrected chi connectivity index (χ1v) is 17.7. The lowest BCUT2D eigenvalue weighted by Crippen LogP contribution is -2.72. The summed E-state index contributed by atoms with van der Waals surface area (Å²) in [6.45, 7) is -1.68. The number of nitrogens with one attached hydrogen (secondary N) is 2. The molecule has 26 nitrogen and oxygen atoms in total. The normalized spacial score (nSPS) is 40.5. The number of aliphatic imine (C=N–C) groups is 2. The van der Waals surface area contributed by atoms with E-state index in [9.17, 15) is 60.3 Å². The highest BCUT2D eigenvalue weighted by Gasteiger charge is 2.57. The van der Waals surface area contributed by atoms with Crippen LogP contribution in [0.5, 0.6) is 0 Å². The summed E-state index contributed by atoms with van der Waals surface area (Å²) in [5.41, 5.74) is 27.4. The Morgan fingerprint density at radius 1 is 0.786 bits per heavy atom. The first-order valence-electron chi connectivity index (χ1n) is 17.7. The van der Waals surface area contributed by atoms with Crippen LogP contribution in [0, 0.1) is 0 Å². The van der Waals surface area contributed by atoms with E-state index in [1.54, 1.807) is 0 Å². The Bertz CT molecular complexity index is 1410. The van der Waals surface area contributed by atoms with Crippen molar-refractivity contribution in [2.45, 2.75) is 136 Å². The third-order valence-electron chi connectivity index (χ3n) is 9.84. The van der Waals surface area contributed by atoms with E-state index in [2.05, 4.69) is 20.6 Å². The van der Waals surface area contributed by atoms with Gasteiger partial charge in [0.25, 0.3) is 0 Å². The van der Waals surface area contributed by atoms with Gasteiger partial charge >= 0.3 is 6.09 Å². The van der Waals surface area contributed by atoms with Crippen molar-refractivity contribution in [1.82, 2.24) is 10.6 Å². The summed E-state index contributed by atoms with van der Waals surface area (Å²) in [5.74, 6) is -1.61. The zero-order chi connectivity index (χ0) is 41.6. The molecular weight excluding hydrogens is 758 g/mol. The van der Waals surface area contributed by atoms with E-state index in [4.69, 9.17) is 52.4 Å². The Kier molecular flexibility index (Phi) is 15.9. The fraction of sp³-hybridized carbons (Fsp3) is 0.833. The minimum absolute atomic E-state index is 0.0727. The number of rotatable bonds is 15. The molecule has 4 rings (SSSR count). The maximum absolute atomic E-state index is 13.0. The van der Waals surface area contributed by atoms with E-state index < -0.39 is 141 Å². The number of nitrogens with two attached hydrogens (primary N) is 5. The number of carbonyl (C=O) groups excluding carboxylic acids is 3. The molecule has 56 heavy (non-hydrogen) atoms. The Hall–Kier alpha value is -3.61. The number of carbonyl (C=O) groups is 3. The second-order valence-electron chi connectivity index (χ2n) is 13.8. The summed E-state index contributed by atoms with van der Waals surface area (Å²) in [6, 6.07) is -5.50. The molecule has 0 unspecified atom stereocenters. The Labute approximate surface area is 318 Å². The molecule has 1 saturated carbocycles. The first kappa shape index (κ1) is 45.1. The first-order chi connectivity index (χ1) is 26.4. The molecule has 26 heteroatoms. The average molecular weight is 812 g/mol. The van der Waals surface area contributed by atoms with Crippen molar-refractivity contribution in [3.63, 3.8) is 0 Å². The van der Waals surface area contributed by atoms with Crippen molar-refractivity contribution in [3.05, 3.63) is 0 Å². The molecule has 1 aliphatic carbocycles. The van der Waals surface area contributed by atoms with Crippen LogP contribution in [-0.4, -0.2) is 205 Å². The van der Waals surface area contributed by atoms with Crippen molar-refractivity contribution in [2.24, 2.45) is 38.7 Å². The number of hydrogen-bond donors (Lipinski definition) is 16. The second-order valence-corrected chi connectivity index (χ2v) is 13.8. The van der Waals surface area contributed by atoms with Crippen LogP contribution in [0.3, 0.4) is 0 Å². The van der Waals surface area contributed by atoms with Crippen LogP contribution in [0.15, 0.2) is 9.98 Å². The van der Waals surface area contributed by atoms with Gasteiger partial charge in [-0.05, 0) is 19.3 Å². The van der Waals surface area contributed by atoms with Crippen molar-refractivity contribution in [3.8, 4) is 0 Å². The number of amidine groups is 1. The van der Waals surface area contributed by atoms with Crippen molar-refractivity contribution in [2.75, 3.05) is 19.8 Å². The Morgan fingerprint density at radius 3 is 1.98 bits per heavy atom. The molecule has 0 aromatic carbocycles. The van der Waals surface area contributed by atoms with Gasteiger partial charge in [0.1, 0.15) is 79.2 Å². The largest absolute Gasteiger partial charge is 0.441 e. The summed E-state index contributed by atoms with van der Waals surface area (Å²) in [7, 11) is 0. The van der Waals surface area contributed by atoms with Gasteiger partial charge in [0.2, 0.25) is 11.8 Å². The molecule has 0 radical (unpaired) electrons. The highest BCUT2D eigenvalue weighted by Crippen LogP contribution is 2.33. The molecule has 2 saturated heterocycles. The van der Waals surface area contributed by atoms with Crippen molar-refractivity contribution in [1.29, 1.82) is 0 Å². The molecule has 0 spiro atoms. The van der Waals surface area contributed by atoms with E-state index in [1.807, 2.05) is 0 Å². The maximum atomic E-state index is 13.0. The van der Waals surface area contributed by atoms with E-state index in [0.29, 0.717) is 6.42 Å². The topological polar surface area (TPSA) is 458 Å². The molecule has 3 fully saturated rings. The third kappa shape index (κ3) is 10.5. The maximum Gasteiger partial charge on any atom is 0.404 e. The van der Waals surface area contributed by atoms with E-state index in [1.165, 1.54) is 0 Å². The summed E-state index contributed by atoms with van der Waals surface area (Å²) < 4.78 is 27.7. The number of aliphatic hydroxyl groups excluding tert-OH is 9.